The number of ether oxygens (including phenoxy) is 2. The first-order valence-electron chi connectivity index (χ1n) is 10.6. The number of alkyl halides is 5. The second-order valence-electron chi connectivity index (χ2n) is 7.82. The van der Waals surface area contributed by atoms with Gasteiger partial charge in [-0.25, -0.2) is 23.5 Å². The molecule has 37 heavy (non-hydrogen) atoms. The second kappa shape index (κ2) is 9.08. The SMILES string of the molecule is O=C1CN(c2cccc(OC(F)(F)F)c2)C(=O)N1c1ccc(Oc2ccnc3[nH]ccc23)c(C(F)F)c1. The number of H-pyrrole nitrogens is 1. The van der Waals surface area contributed by atoms with E-state index in [-0.39, 0.29) is 22.9 Å². The molecule has 3 heterocycles. The first-order chi connectivity index (χ1) is 17.6. The number of halogens is 5. The van der Waals surface area contributed by atoms with Gasteiger partial charge in [-0.2, -0.15) is 0 Å². The molecule has 190 valence electrons. The first-order valence-corrected chi connectivity index (χ1v) is 10.6. The minimum atomic E-state index is -4.95. The normalized spacial score (nSPS) is 14.2. The molecule has 0 aliphatic carbocycles. The van der Waals surface area contributed by atoms with E-state index in [1.807, 2.05) is 0 Å². The van der Waals surface area contributed by atoms with E-state index in [4.69, 9.17) is 4.74 Å². The molecule has 5 rings (SSSR count). The number of anilines is 2. The Morgan fingerprint density at radius 2 is 1.78 bits per heavy atom. The summed E-state index contributed by atoms with van der Waals surface area (Å²) in [5.41, 5.74) is -0.266. The molecule has 0 bridgehead atoms. The van der Waals surface area contributed by atoms with E-state index in [0.717, 1.165) is 23.1 Å². The molecule has 0 saturated carbocycles. The molecule has 1 saturated heterocycles. The molecular weight excluding hydrogens is 503 g/mol. The number of nitrogens with zero attached hydrogens (tertiary/aromatic N) is 3. The average Bonchev–Trinajstić information content (AvgIpc) is 3.43. The van der Waals surface area contributed by atoms with Crippen molar-refractivity contribution in [3.8, 4) is 17.2 Å². The highest BCUT2D eigenvalue weighted by Gasteiger charge is 2.39. The number of pyridine rings is 1. The molecule has 1 aliphatic rings. The van der Waals surface area contributed by atoms with Gasteiger partial charge in [0.25, 0.3) is 12.3 Å². The van der Waals surface area contributed by atoms with E-state index >= 15 is 0 Å². The van der Waals surface area contributed by atoms with Gasteiger partial charge in [-0.1, -0.05) is 6.07 Å². The van der Waals surface area contributed by atoms with E-state index in [9.17, 15) is 31.5 Å². The fraction of sp³-hybridized carbons (Fsp3) is 0.125. The Balaban J connectivity index is 1.44. The summed E-state index contributed by atoms with van der Waals surface area (Å²) in [7, 11) is 0. The second-order valence-corrected chi connectivity index (χ2v) is 7.82. The number of nitrogens with one attached hydrogen (secondary N) is 1. The van der Waals surface area contributed by atoms with Crippen LogP contribution < -0.4 is 19.3 Å². The van der Waals surface area contributed by atoms with Crippen molar-refractivity contribution >= 4 is 34.3 Å². The topological polar surface area (TPSA) is 87.8 Å². The maximum absolute atomic E-state index is 14.0. The molecule has 1 aliphatic heterocycles. The number of benzene rings is 2. The molecule has 1 fully saturated rings. The van der Waals surface area contributed by atoms with Crippen LogP contribution in [0.5, 0.6) is 17.2 Å². The molecule has 2 aromatic heterocycles. The van der Waals surface area contributed by atoms with Gasteiger partial charge in [0.05, 0.1) is 16.6 Å². The fourth-order valence-corrected chi connectivity index (χ4v) is 3.89. The number of hydrogen-bond donors (Lipinski definition) is 1. The lowest BCUT2D eigenvalue weighted by atomic mass is 10.1. The van der Waals surface area contributed by atoms with Gasteiger partial charge < -0.3 is 14.5 Å². The van der Waals surface area contributed by atoms with Crippen LogP contribution in [-0.2, 0) is 4.79 Å². The predicted octanol–water partition coefficient (Wildman–Crippen LogP) is 6.16. The van der Waals surface area contributed by atoms with Crippen LogP contribution in [0.2, 0.25) is 0 Å². The molecule has 8 nitrogen and oxygen atoms in total. The summed E-state index contributed by atoms with van der Waals surface area (Å²) in [5, 5.41) is 0.559. The van der Waals surface area contributed by atoms with E-state index in [2.05, 4.69) is 14.7 Å². The molecule has 1 N–H and O–H groups in total. The number of aromatic amines is 1. The van der Waals surface area contributed by atoms with Gasteiger partial charge in [0.2, 0.25) is 0 Å². The zero-order valence-corrected chi connectivity index (χ0v) is 18.5. The minimum Gasteiger partial charge on any atom is -0.456 e. The maximum Gasteiger partial charge on any atom is 0.573 e. The zero-order chi connectivity index (χ0) is 26.3. The van der Waals surface area contributed by atoms with Crippen LogP contribution in [0.1, 0.15) is 12.0 Å². The maximum atomic E-state index is 14.0. The smallest absolute Gasteiger partial charge is 0.456 e. The monoisotopic (exact) mass is 518 g/mol. The summed E-state index contributed by atoms with van der Waals surface area (Å²) >= 11 is 0. The zero-order valence-electron chi connectivity index (χ0n) is 18.5. The Kier molecular flexibility index (Phi) is 5.90. The Morgan fingerprint density at radius 1 is 0.973 bits per heavy atom. The van der Waals surface area contributed by atoms with Gasteiger partial charge in [-0.05, 0) is 42.5 Å². The van der Waals surface area contributed by atoms with Crippen molar-refractivity contribution in [2.24, 2.45) is 0 Å². The summed E-state index contributed by atoms with van der Waals surface area (Å²) < 4.78 is 75.2. The Morgan fingerprint density at radius 3 is 2.54 bits per heavy atom. The fourth-order valence-electron chi connectivity index (χ4n) is 3.89. The lowest BCUT2D eigenvalue weighted by Crippen LogP contribution is -2.33. The predicted molar refractivity (Wildman–Crippen MR) is 121 cm³/mol. The van der Waals surface area contributed by atoms with Crippen molar-refractivity contribution in [3.05, 3.63) is 72.6 Å². The third kappa shape index (κ3) is 4.75. The summed E-state index contributed by atoms with van der Waals surface area (Å²) in [6, 6.07) is 10.2. The standard InChI is InChI=1S/C24H15F5N4O4/c25-21(26)17-11-14(4-5-18(17)36-19-7-9-31-22-16(19)6-8-30-22)33-20(34)12-32(23(33)35)13-2-1-3-15(10-13)37-24(27,28)29/h1-11,21H,12H2,(H,30,31). The van der Waals surface area contributed by atoms with E-state index in [1.165, 1.54) is 36.5 Å². The number of imide groups is 1. The summed E-state index contributed by atoms with van der Waals surface area (Å²) in [4.78, 5) is 34.3. The Labute approximate surface area is 204 Å². The summed E-state index contributed by atoms with van der Waals surface area (Å²) in [5.74, 6) is -1.27. The van der Waals surface area contributed by atoms with Crippen LogP contribution in [0.4, 0.5) is 38.1 Å². The van der Waals surface area contributed by atoms with E-state index < -0.39 is 42.6 Å². The lowest BCUT2D eigenvalue weighted by Gasteiger charge is -2.19. The number of carbonyl (C=O) groups excluding carboxylic acids is 2. The van der Waals surface area contributed by atoms with E-state index in [0.29, 0.717) is 15.9 Å². The summed E-state index contributed by atoms with van der Waals surface area (Å²) in [6.07, 6.45) is -4.91. The van der Waals surface area contributed by atoms with Crippen molar-refractivity contribution in [1.82, 2.24) is 9.97 Å². The van der Waals surface area contributed by atoms with Crippen LogP contribution in [-0.4, -0.2) is 34.8 Å². The molecule has 0 radical (unpaired) electrons. The van der Waals surface area contributed by atoms with Crippen LogP contribution in [0.25, 0.3) is 11.0 Å². The summed E-state index contributed by atoms with van der Waals surface area (Å²) in [6.45, 7) is -0.515. The number of rotatable bonds is 6. The van der Waals surface area contributed by atoms with Crippen molar-refractivity contribution in [2.45, 2.75) is 12.8 Å². The molecular formula is C24H15F5N4O4. The Bertz CT molecular complexity index is 1500. The highest BCUT2D eigenvalue weighted by Crippen LogP contribution is 2.38. The third-order valence-electron chi connectivity index (χ3n) is 5.45. The number of aromatic nitrogens is 2. The molecule has 13 heteroatoms. The average molecular weight is 518 g/mol. The van der Waals surface area contributed by atoms with Crippen LogP contribution in [0.15, 0.2) is 67.0 Å². The van der Waals surface area contributed by atoms with Crippen molar-refractivity contribution in [3.63, 3.8) is 0 Å². The highest BCUT2D eigenvalue weighted by atomic mass is 19.4. The van der Waals surface area contributed by atoms with Gasteiger partial charge in [0.15, 0.2) is 0 Å². The van der Waals surface area contributed by atoms with Gasteiger partial charge in [0, 0.05) is 24.1 Å². The molecule has 4 aromatic rings. The van der Waals surface area contributed by atoms with Gasteiger partial charge in [-0.3, -0.25) is 9.69 Å². The van der Waals surface area contributed by atoms with Crippen LogP contribution >= 0.6 is 0 Å². The molecule has 2 aromatic carbocycles. The molecule has 0 atom stereocenters. The number of amides is 3. The van der Waals surface area contributed by atoms with E-state index in [1.54, 1.807) is 12.3 Å². The molecule has 3 amide bonds. The lowest BCUT2D eigenvalue weighted by molar-refractivity contribution is -0.274. The van der Waals surface area contributed by atoms with Crippen LogP contribution in [0.3, 0.4) is 0 Å². The largest absolute Gasteiger partial charge is 0.573 e. The van der Waals surface area contributed by atoms with Crippen molar-refractivity contribution < 1.29 is 41.0 Å². The number of hydrogen-bond acceptors (Lipinski definition) is 5. The first kappa shape index (κ1) is 24.0. The highest BCUT2D eigenvalue weighted by molar-refractivity contribution is 6.27. The Hall–Kier alpha value is -4.68. The van der Waals surface area contributed by atoms with Crippen molar-refractivity contribution in [2.75, 3.05) is 16.3 Å². The minimum absolute atomic E-state index is 0.0372. The molecule has 0 unspecified atom stereocenters. The number of fused-ring (bicyclic) bond motifs is 1. The molecule has 0 spiro atoms. The quantitative estimate of drug-likeness (QED) is 0.244. The third-order valence-corrected chi connectivity index (χ3v) is 5.45. The van der Waals surface area contributed by atoms with Gasteiger partial charge >= 0.3 is 12.4 Å². The van der Waals surface area contributed by atoms with Crippen molar-refractivity contribution in [1.29, 1.82) is 0 Å². The van der Waals surface area contributed by atoms with Gasteiger partial charge in [0.1, 0.15) is 29.4 Å². The number of urea groups is 1. The van der Waals surface area contributed by atoms with Crippen LogP contribution in [0, 0.1) is 0 Å². The number of carbonyl (C=O) groups is 2. The van der Waals surface area contributed by atoms with Gasteiger partial charge in [-0.15, -0.1) is 13.2 Å².